The largest absolute Gasteiger partial charge is 0.399 e. The zero-order valence-electron chi connectivity index (χ0n) is 13.9. The van der Waals surface area contributed by atoms with E-state index < -0.39 is 0 Å². The highest BCUT2D eigenvalue weighted by Gasteiger charge is 2.10. The van der Waals surface area contributed by atoms with E-state index in [4.69, 9.17) is 4.84 Å². The van der Waals surface area contributed by atoms with Crippen molar-refractivity contribution in [1.82, 2.24) is 24.8 Å². The van der Waals surface area contributed by atoms with Crippen molar-refractivity contribution in [2.45, 2.75) is 13.3 Å². The Bertz CT molecular complexity index is 1090. The number of aromatic nitrogens is 5. The summed E-state index contributed by atoms with van der Waals surface area (Å²) in [4.78, 5) is 9.17. The molecule has 0 atom stereocenters. The zero-order chi connectivity index (χ0) is 17.2. The highest BCUT2D eigenvalue weighted by atomic mass is 16.6. The highest BCUT2D eigenvalue weighted by Crippen LogP contribution is 2.16. The molecule has 1 aromatic carbocycles. The summed E-state index contributed by atoms with van der Waals surface area (Å²) < 4.78 is 1.75. The molecule has 0 fully saturated rings. The van der Waals surface area contributed by atoms with Gasteiger partial charge in [0.2, 0.25) is 0 Å². The maximum absolute atomic E-state index is 4.82. The summed E-state index contributed by atoms with van der Waals surface area (Å²) >= 11 is 0. The topological polar surface area (TPSA) is 77.6 Å². The van der Waals surface area contributed by atoms with Crippen LogP contribution in [-0.4, -0.2) is 37.6 Å². The van der Waals surface area contributed by atoms with Crippen molar-refractivity contribution in [1.29, 1.82) is 0 Å². The van der Waals surface area contributed by atoms with E-state index in [0.717, 1.165) is 28.0 Å². The molecule has 3 heterocycles. The van der Waals surface area contributed by atoms with Crippen molar-refractivity contribution in [3.8, 4) is 0 Å². The monoisotopic (exact) mass is 332 g/mol. The van der Waals surface area contributed by atoms with Gasteiger partial charge in [0.15, 0.2) is 11.5 Å². The van der Waals surface area contributed by atoms with E-state index in [9.17, 15) is 0 Å². The Hall–Kier alpha value is -3.35. The van der Waals surface area contributed by atoms with E-state index in [1.807, 2.05) is 31.2 Å². The van der Waals surface area contributed by atoms with Gasteiger partial charge in [-0.2, -0.15) is 9.61 Å². The van der Waals surface area contributed by atoms with Gasteiger partial charge in [0.05, 0.1) is 5.52 Å². The van der Waals surface area contributed by atoms with Crippen LogP contribution in [0.25, 0.3) is 16.6 Å². The normalized spacial score (nSPS) is 12.0. The van der Waals surface area contributed by atoms with Crippen LogP contribution in [-0.2, 0) is 11.3 Å². The summed E-state index contributed by atoms with van der Waals surface area (Å²) in [6.07, 6.45) is 2.42. The Kier molecular flexibility index (Phi) is 3.81. The number of benzene rings is 1. The summed E-state index contributed by atoms with van der Waals surface area (Å²) in [5.74, 6) is 0.769. The minimum absolute atomic E-state index is 0.628. The first-order valence-electron chi connectivity index (χ1n) is 7.88. The van der Waals surface area contributed by atoms with E-state index in [-0.39, 0.29) is 0 Å². The predicted octanol–water partition coefficient (Wildman–Crippen LogP) is 2.63. The third-order valence-corrected chi connectivity index (χ3v) is 3.96. The number of hydrogen-bond donors (Lipinski definition) is 0. The summed E-state index contributed by atoms with van der Waals surface area (Å²) in [5.41, 5.74) is 4.22. The molecule has 4 rings (SSSR count). The van der Waals surface area contributed by atoms with Crippen molar-refractivity contribution >= 4 is 22.3 Å². The van der Waals surface area contributed by atoms with Crippen molar-refractivity contribution in [3.63, 3.8) is 0 Å². The fourth-order valence-corrected chi connectivity index (χ4v) is 2.74. The molecule has 0 bridgehead atoms. The molecule has 0 N–H and O–H groups in total. The Morgan fingerprint density at radius 1 is 1.16 bits per heavy atom. The van der Waals surface area contributed by atoms with Gasteiger partial charge in [-0.25, -0.2) is 0 Å². The van der Waals surface area contributed by atoms with E-state index in [0.29, 0.717) is 17.8 Å². The Labute approximate surface area is 144 Å². The molecule has 0 saturated carbocycles. The van der Waals surface area contributed by atoms with Crippen LogP contribution in [0.15, 0.2) is 53.8 Å². The molecule has 7 nitrogen and oxygen atoms in total. The van der Waals surface area contributed by atoms with E-state index in [2.05, 4.69) is 43.6 Å². The molecule has 0 aliphatic carbocycles. The third kappa shape index (κ3) is 2.91. The molecule has 25 heavy (non-hydrogen) atoms. The molecule has 124 valence electrons. The first kappa shape index (κ1) is 15.2. The lowest BCUT2D eigenvalue weighted by atomic mass is 10.1. The first-order valence-corrected chi connectivity index (χ1v) is 7.88. The average molecular weight is 332 g/mol. The molecule has 7 heteroatoms. The molecule has 0 aliphatic rings. The molecule has 0 aliphatic heterocycles. The maximum Gasteiger partial charge on any atom is 0.177 e. The van der Waals surface area contributed by atoms with Crippen LogP contribution in [0, 0.1) is 0 Å². The molecule has 4 aromatic rings. The fraction of sp³-hybridized carbons (Fsp3) is 0.167. The second-order valence-electron chi connectivity index (χ2n) is 5.67. The number of hydrogen-bond acceptors (Lipinski definition) is 6. The predicted molar refractivity (Wildman–Crippen MR) is 94.6 cm³/mol. The van der Waals surface area contributed by atoms with Crippen LogP contribution in [0.5, 0.6) is 0 Å². The lowest BCUT2D eigenvalue weighted by molar-refractivity contribution is 0.213. The van der Waals surface area contributed by atoms with Gasteiger partial charge in [-0.1, -0.05) is 17.3 Å². The summed E-state index contributed by atoms with van der Waals surface area (Å²) in [7, 11) is 1.51. The van der Waals surface area contributed by atoms with Gasteiger partial charge in [-0.3, -0.25) is 4.98 Å². The molecule has 0 radical (unpaired) electrons. The minimum atomic E-state index is 0.628. The lowest BCUT2D eigenvalue weighted by Crippen LogP contribution is -2.06. The second kappa shape index (κ2) is 6.27. The number of rotatable bonds is 4. The molecule has 0 saturated heterocycles. The molecular weight excluding hydrogens is 316 g/mol. The van der Waals surface area contributed by atoms with Gasteiger partial charge in [0, 0.05) is 18.0 Å². The maximum atomic E-state index is 4.82. The Morgan fingerprint density at radius 2 is 2.08 bits per heavy atom. The number of nitrogens with zero attached hydrogens (tertiary/aromatic N) is 6. The minimum Gasteiger partial charge on any atom is -0.399 e. The number of pyridine rings is 1. The standard InChI is InChI=1S/C18H16N6O/c1-12(23-25-2)15-7-8-17-20-21-18(24(17)22-15)11-13-5-6-16-14(10-13)4-3-9-19-16/h3-10H,11H2,1-2H3/b23-12+. The van der Waals surface area contributed by atoms with Crippen LogP contribution in [0.3, 0.4) is 0 Å². The Morgan fingerprint density at radius 3 is 2.96 bits per heavy atom. The summed E-state index contributed by atoms with van der Waals surface area (Å²) in [6, 6.07) is 13.9. The van der Waals surface area contributed by atoms with Crippen molar-refractivity contribution in [2.75, 3.05) is 7.11 Å². The first-order chi connectivity index (χ1) is 12.2. The summed E-state index contributed by atoms with van der Waals surface area (Å²) in [5, 5.41) is 18.1. The third-order valence-electron chi connectivity index (χ3n) is 3.96. The van der Waals surface area contributed by atoms with Gasteiger partial charge in [-0.05, 0) is 42.8 Å². The van der Waals surface area contributed by atoms with Crippen molar-refractivity contribution in [3.05, 3.63) is 65.7 Å². The average Bonchev–Trinajstić information content (AvgIpc) is 3.04. The molecule has 0 amide bonds. The van der Waals surface area contributed by atoms with E-state index >= 15 is 0 Å². The van der Waals surface area contributed by atoms with Gasteiger partial charge in [0.25, 0.3) is 0 Å². The van der Waals surface area contributed by atoms with Gasteiger partial charge in [-0.15, -0.1) is 10.2 Å². The van der Waals surface area contributed by atoms with Crippen LogP contribution in [0.2, 0.25) is 0 Å². The summed E-state index contributed by atoms with van der Waals surface area (Å²) in [6.45, 7) is 1.85. The smallest absolute Gasteiger partial charge is 0.177 e. The van der Waals surface area contributed by atoms with Gasteiger partial charge in [0.1, 0.15) is 18.5 Å². The van der Waals surface area contributed by atoms with Crippen LogP contribution in [0.1, 0.15) is 24.0 Å². The van der Waals surface area contributed by atoms with Gasteiger partial charge < -0.3 is 4.84 Å². The molecular formula is C18H16N6O. The fourth-order valence-electron chi connectivity index (χ4n) is 2.74. The van der Waals surface area contributed by atoms with Crippen LogP contribution < -0.4 is 0 Å². The molecule has 0 unspecified atom stereocenters. The quantitative estimate of drug-likeness (QED) is 0.424. The van der Waals surface area contributed by atoms with Crippen LogP contribution in [0.4, 0.5) is 0 Å². The van der Waals surface area contributed by atoms with Gasteiger partial charge >= 0.3 is 0 Å². The SMILES string of the molecule is CO/N=C(\C)c1ccc2nnc(Cc3ccc4ncccc4c3)n2n1. The van der Waals surface area contributed by atoms with E-state index in [1.165, 1.54) is 7.11 Å². The zero-order valence-corrected chi connectivity index (χ0v) is 13.9. The Balaban J connectivity index is 1.72. The molecule has 0 spiro atoms. The van der Waals surface area contributed by atoms with Crippen molar-refractivity contribution in [2.24, 2.45) is 5.16 Å². The second-order valence-corrected chi connectivity index (χ2v) is 5.67. The number of fused-ring (bicyclic) bond motifs is 2. The van der Waals surface area contributed by atoms with Crippen LogP contribution >= 0.6 is 0 Å². The lowest BCUT2D eigenvalue weighted by Gasteiger charge is -2.04. The van der Waals surface area contributed by atoms with Crippen molar-refractivity contribution < 1.29 is 4.84 Å². The highest BCUT2D eigenvalue weighted by molar-refractivity contribution is 5.96. The number of oxime groups is 1. The molecule has 3 aromatic heterocycles. The van der Waals surface area contributed by atoms with E-state index in [1.54, 1.807) is 10.7 Å².